The third kappa shape index (κ3) is 5.37. The first kappa shape index (κ1) is 23.3. The Bertz CT molecular complexity index is 1170. The highest BCUT2D eigenvalue weighted by Crippen LogP contribution is 2.32. The SMILES string of the molecule is NC(=O)C(c1cccnc1)c1ccc(N2CC(O)CCC2=O)nc1NCCc1cccc(F)c1. The number of amides is 2. The molecular weight excluding hydrogens is 437 g/mol. The van der Waals surface area contributed by atoms with Crippen molar-refractivity contribution < 1.29 is 19.1 Å². The zero-order valence-electron chi connectivity index (χ0n) is 18.5. The number of nitrogens with zero attached hydrogens (tertiary/aromatic N) is 3. The van der Waals surface area contributed by atoms with Gasteiger partial charge in [0.2, 0.25) is 11.8 Å². The summed E-state index contributed by atoms with van der Waals surface area (Å²) in [6, 6.07) is 13.2. The highest BCUT2D eigenvalue weighted by molar-refractivity contribution is 5.94. The Balaban J connectivity index is 1.67. The topological polar surface area (TPSA) is 121 Å². The molecule has 2 aromatic heterocycles. The molecule has 176 valence electrons. The molecule has 0 aliphatic carbocycles. The van der Waals surface area contributed by atoms with E-state index in [9.17, 15) is 19.1 Å². The lowest BCUT2D eigenvalue weighted by atomic mass is 9.92. The summed E-state index contributed by atoms with van der Waals surface area (Å²) in [7, 11) is 0. The smallest absolute Gasteiger partial charge is 0.229 e. The van der Waals surface area contributed by atoms with E-state index in [1.165, 1.54) is 17.0 Å². The summed E-state index contributed by atoms with van der Waals surface area (Å²) in [5.41, 5.74) is 7.72. The van der Waals surface area contributed by atoms with E-state index in [1.54, 1.807) is 42.7 Å². The van der Waals surface area contributed by atoms with Gasteiger partial charge in [-0.2, -0.15) is 0 Å². The molecule has 1 aromatic carbocycles. The number of rotatable bonds is 8. The quantitative estimate of drug-likeness (QED) is 0.472. The van der Waals surface area contributed by atoms with Crippen molar-refractivity contribution >= 4 is 23.5 Å². The van der Waals surface area contributed by atoms with Crippen LogP contribution in [0.2, 0.25) is 0 Å². The van der Waals surface area contributed by atoms with Gasteiger partial charge in [-0.15, -0.1) is 0 Å². The number of hydrogen-bond acceptors (Lipinski definition) is 6. The van der Waals surface area contributed by atoms with Gasteiger partial charge in [-0.1, -0.05) is 24.3 Å². The fourth-order valence-electron chi connectivity index (χ4n) is 4.10. The molecular formula is C25H26FN5O3. The summed E-state index contributed by atoms with van der Waals surface area (Å²) < 4.78 is 13.5. The molecule has 2 amide bonds. The van der Waals surface area contributed by atoms with E-state index in [0.717, 1.165) is 5.56 Å². The summed E-state index contributed by atoms with van der Waals surface area (Å²) in [4.78, 5) is 35.1. The number of primary amides is 1. The van der Waals surface area contributed by atoms with Crippen molar-refractivity contribution in [1.82, 2.24) is 9.97 Å². The molecule has 1 fully saturated rings. The number of hydrogen-bond donors (Lipinski definition) is 3. The first-order chi connectivity index (χ1) is 16.4. The maximum Gasteiger partial charge on any atom is 0.229 e. The van der Waals surface area contributed by atoms with Crippen LogP contribution in [0.15, 0.2) is 60.9 Å². The number of piperidine rings is 1. The molecule has 0 saturated carbocycles. The zero-order valence-corrected chi connectivity index (χ0v) is 18.5. The number of aliphatic hydroxyl groups excluding tert-OH is 1. The Morgan fingerprint density at radius 3 is 2.85 bits per heavy atom. The second-order valence-electron chi connectivity index (χ2n) is 8.23. The maximum atomic E-state index is 13.5. The van der Waals surface area contributed by atoms with Gasteiger partial charge in [-0.25, -0.2) is 9.37 Å². The first-order valence-corrected chi connectivity index (χ1v) is 11.1. The van der Waals surface area contributed by atoms with E-state index in [-0.39, 0.29) is 24.7 Å². The predicted molar refractivity (Wildman–Crippen MR) is 126 cm³/mol. The molecule has 1 aliphatic rings. The molecule has 1 aliphatic heterocycles. The number of nitrogens with two attached hydrogens (primary N) is 1. The minimum Gasteiger partial charge on any atom is -0.391 e. The summed E-state index contributed by atoms with van der Waals surface area (Å²) in [6.07, 6.45) is 3.71. The standard InChI is InChI=1S/C25H26FN5O3/c26-18-5-1-3-16(13-18)10-12-29-25-20(23(24(27)34)17-4-2-11-28-14-17)7-8-21(30-25)31-15-19(32)6-9-22(31)33/h1-5,7-8,11,13-14,19,23,32H,6,9-10,12,15H2,(H2,27,34)(H,29,30). The number of carbonyl (C=O) groups excluding carboxylic acids is 2. The van der Waals surface area contributed by atoms with Gasteiger partial charge in [0.25, 0.3) is 0 Å². The maximum absolute atomic E-state index is 13.5. The van der Waals surface area contributed by atoms with Gasteiger partial charge < -0.3 is 16.2 Å². The number of nitrogens with one attached hydrogen (secondary N) is 1. The number of aliphatic hydroxyl groups is 1. The molecule has 9 heteroatoms. The Morgan fingerprint density at radius 1 is 1.26 bits per heavy atom. The van der Waals surface area contributed by atoms with E-state index in [1.807, 2.05) is 6.07 Å². The third-order valence-electron chi connectivity index (χ3n) is 5.78. The minimum atomic E-state index is -0.811. The van der Waals surface area contributed by atoms with Gasteiger partial charge in [0.05, 0.1) is 18.6 Å². The van der Waals surface area contributed by atoms with Crippen molar-refractivity contribution in [3.8, 4) is 0 Å². The number of benzene rings is 1. The van der Waals surface area contributed by atoms with E-state index in [0.29, 0.717) is 42.1 Å². The number of pyridine rings is 2. The molecule has 4 rings (SSSR count). The van der Waals surface area contributed by atoms with Crippen LogP contribution in [0.3, 0.4) is 0 Å². The molecule has 0 bridgehead atoms. The van der Waals surface area contributed by atoms with Crippen LogP contribution < -0.4 is 16.0 Å². The molecule has 2 unspecified atom stereocenters. The summed E-state index contributed by atoms with van der Waals surface area (Å²) in [5.74, 6) is -1.07. The van der Waals surface area contributed by atoms with Crippen LogP contribution in [0.1, 0.15) is 35.4 Å². The van der Waals surface area contributed by atoms with Crippen molar-refractivity contribution in [3.63, 3.8) is 0 Å². The molecule has 3 heterocycles. The number of anilines is 2. The van der Waals surface area contributed by atoms with E-state index in [4.69, 9.17) is 5.73 Å². The Morgan fingerprint density at radius 2 is 2.12 bits per heavy atom. The normalized spacial score (nSPS) is 16.8. The molecule has 34 heavy (non-hydrogen) atoms. The van der Waals surface area contributed by atoms with Gasteiger partial charge in [0.1, 0.15) is 17.5 Å². The largest absolute Gasteiger partial charge is 0.391 e. The summed E-state index contributed by atoms with van der Waals surface area (Å²) >= 11 is 0. The second-order valence-corrected chi connectivity index (χ2v) is 8.23. The van der Waals surface area contributed by atoms with Gasteiger partial charge in [0, 0.05) is 30.9 Å². The van der Waals surface area contributed by atoms with Crippen LogP contribution >= 0.6 is 0 Å². The molecule has 4 N–H and O–H groups in total. The first-order valence-electron chi connectivity index (χ1n) is 11.1. The number of halogens is 1. The fraction of sp³-hybridized carbons (Fsp3) is 0.280. The van der Waals surface area contributed by atoms with E-state index in [2.05, 4.69) is 15.3 Å². The highest BCUT2D eigenvalue weighted by Gasteiger charge is 2.29. The molecule has 0 radical (unpaired) electrons. The van der Waals surface area contributed by atoms with Crippen LogP contribution in [0.25, 0.3) is 0 Å². The minimum absolute atomic E-state index is 0.130. The molecule has 0 spiro atoms. The van der Waals surface area contributed by atoms with Gasteiger partial charge in [0.15, 0.2) is 0 Å². The Labute approximate surface area is 196 Å². The second kappa shape index (κ2) is 10.4. The average molecular weight is 464 g/mol. The van der Waals surface area contributed by atoms with Gasteiger partial charge >= 0.3 is 0 Å². The van der Waals surface area contributed by atoms with Crippen LogP contribution in [0, 0.1) is 5.82 Å². The fourth-order valence-corrected chi connectivity index (χ4v) is 4.10. The Kier molecular flexibility index (Phi) is 7.12. The summed E-state index contributed by atoms with van der Waals surface area (Å²) in [6.45, 7) is 0.553. The van der Waals surface area contributed by atoms with Crippen LogP contribution in [0.5, 0.6) is 0 Å². The number of β-amino-alcohol motifs (C(OH)–C–C–N with tert-alkyl or cyclic N) is 1. The lowest BCUT2D eigenvalue weighted by Crippen LogP contribution is -2.43. The average Bonchev–Trinajstić information content (AvgIpc) is 2.82. The highest BCUT2D eigenvalue weighted by atomic mass is 19.1. The molecule has 1 saturated heterocycles. The van der Waals surface area contributed by atoms with Gasteiger partial charge in [-0.3, -0.25) is 19.5 Å². The van der Waals surface area contributed by atoms with Crippen molar-refractivity contribution in [1.29, 1.82) is 0 Å². The lowest BCUT2D eigenvalue weighted by molar-refractivity contribution is -0.121. The third-order valence-corrected chi connectivity index (χ3v) is 5.78. The van der Waals surface area contributed by atoms with Crippen molar-refractivity contribution in [2.45, 2.75) is 31.3 Å². The number of carbonyl (C=O) groups is 2. The summed E-state index contributed by atoms with van der Waals surface area (Å²) in [5, 5.41) is 13.3. The lowest BCUT2D eigenvalue weighted by Gasteiger charge is -2.30. The van der Waals surface area contributed by atoms with Crippen LogP contribution in [-0.2, 0) is 16.0 Å². The number of aromatic nitrogens is 2. The molecule has 3 aromatic rings. The van der Waals surface area contributed by atoms with Crippen LogP contribution in [-0.4, -0.2) is 46.1 Å². The zero-order chi connectivity index (χ0) is 24.1. The van der Waals surface area contributed by atoms with Crippen molar-refractivity contribution in [2.75, 3.05) is 23.3 Å². The van der Waals surface area contributed by atoms with Gasteiger partial charge in [-0.05, 0) is 48.2 Å². The van der Waals surface area contributed by atoms with Crippen molar-refractivity contribution in [2.24, 2.45) is 5.73 Å². The van der Waals surface area contributed by atoms with E-state index < -0.39 is 17.9 Å². The van der Waals surface area contributed by atoms with Crippen molar-refractivity contribution in [3.05, 3.63) is 83.4 Å². The molecule has 2 atom stereocenters. The predicted octanol–water partition coefficient (Wildman–Crippen LogP) is 2.38. The van der Waals surface area contributed by atoms with Crippen LogP contribution in [0.4, 0.5) is 16.0 Å². The van der Waals surface area contributed by atoms with E-state index >= 15 is 0 Å². The monoisotopic (exact) mass is 463 g/mol. The molecule has 8 nitrogen and oxygen atoms in total. The Hall–Kier alpha value is -3.85.